The van der Waals surface area contributed by atoms with Gasteiger partial charge in [-0.3, -0.25) is 4.79 Å². The summed E-state index contributed by atoms with van der Waals surface area (Å²) in [7, 11) is -2.33. The first-order valence-electron chi connectivity index (χ1n) is 12.0. The third kappa shape index (κ3) is 6.09. The number of ether oxygens (including phenoxy) is 2. The van der Waals surface area contributed by atoms with Crippen LogP contribution in [0, 0.1) is 12.8 Å². The number of amides is 1. The number of carbonyl (C=O) groups excluding carboxylic acids is 1. The van der Waals surface area contributed by atoms with Crippen LogP contribution < -0.4 is 5.46 Å². The molecule has 1 atom stereocenters. The van der Waals surface area contributed by atoms with Crippen molar-refractivity contribution in [3.63, 3.8) is 0 Å². The van der Waals surface area contributed by atoms with Crippen LogP contribution in [0.3, 0.4) is 0 Å². The van der Waals surface area contributed by atoms with Crippen molar-refractivity contribution in [2.75, 3.05) is 27.7 Å². The van der Waals surface area contributed by atoms with E-state index < -0.39 is 41.0 Å². The van der Waals surface area contributed by atoms with Gasteiger partial charge in [-0.1, -0.05) is 32.0 Å². The number of carboxylic acid groups (broad SMARTS) is 1. The normalized spacial score (nSPS) is 14.2. The average molecular weight is 548 g/mol. The summed E-state index contributed by atoms with van der Waals surface area (Å²) in [5.74, 6) is -2.10. The SMILES string of the molecule is COCN(COC)S(=O)(=O)c1ccc(CN(C(=O)c2ccc3c(c2C)B(O)OC3)[C@H](C(=O)O)C(C)C)cc1. The van der Waals surface area contributed by atoms with Crippen LogP contribution in [0.15, 0.2) is 41.3 Å². The summed E-state index contributed by atoms with van der Waals surface area (Å²) in [6.07, 6.45) is 0. The molecule has 2 aromatic rings. The number of sulfonamides is 1. The zero-order valence-corrected chi connectivity index (χ0v) is 22.9. The second-order valence-corrected chi connectivity index (χ2v) is 11.3. The Hall–Kier alpha value is -2.81. The molecular weight excluding hydrogens is 515 g/mol. The standard InChI is InChI=1S/C25H33BN2O9S/c1-16(2)23(25(30)31)28(24(29)21-11-8-19-13-37-26(32)22(19)17(21)3)12-18-6-9-20(10-7-18)38(33,34)27(14-35-4)15-36-5/h6-11,16,23,32H,12-15H2,1-5H3,(H,30,31)/t23-/m0/s1. The largest absolute Gasteiger partial charge is 0.492 e. The van der Waals surface area contributed by atoms with E-state index in [2.05, 4.69) is 0 Å². The number of carboxylic acids is 1. The predicted molar refractivity (Wildman–Crippen MR) is 139 cm³/mol. The minimum Gasteiger partial charge on any atom is -0.480 e. The molecule has 0 saturated heterocycles. The zero-order valence-electron chi connectivity index (χ0n) is 22.1. The molecule has 1 aliphatic heterocycles. The third-order valence-corrected chi connectivity index (χ3v) is 8.18. The lowest BCUT2D eigenvalue weighted by Crippen LogP contribution is -2.48. The van der Waals surface area contributed by atoms with Crippen molar-refractivity contribution >= 4 is 34.5 Å². The van der Waals surface area contributed by atoms with E-state index in [9.17, 15) is 28.1 Å². The second kappa shape index (κ2) is 12.4. The molecule has 0 bridgehead atoms. The van der Waals surface area contributed by atoms with Gasteiger partial charge in [-0.2, -0.15) is 0 Å². The van der Waals surface area contributed by atoms with Gasteiger partial charge in [0.2, 0.25) is 10.0 Å². The van der Waals surface area contributed by atoms with Crippen molar-refractivity contribution in [1.82, 2.24) is 9.21 Å². The Kier molecular flexibility index (Phi) is 9.68. The lowest BCUT2D eigenvalue weighted by atomic mass is 9.75. The maximum atomic E-state index is 13.8. The molecule has 11 nitrogen and oxygen atoms in total. The quantitative estimate of drug-likeness (QED) is 0.295. The van der Waals surface area contributed by atoms with Gasteiger partial charge >= 0.3 is 13.1 Å². The van der Waals surface area contributed by atoms with E-state index in [0.717, 1.165) is 9.87 Å². The molecular formula is C25H33BN2O9S. The van der Waals surface area contributed by atoms with Crippen LogP contribution in [-0.2, 0) is 42.1 Å². The van der Waals surface area contributed by atoms with Gasteiger partial charge in [-0.25, -0.2) is 13.2 Å². The van der Waals surface area contributed by atoms with Gasteiger partial charge in [0.25, 0.3) is 5.91 Å². The van der Waals surface area contributed by atoms with Gasteiger partial charge < -0.3 is 29.2 Å². The van der Waals surface area contributed by atoms with E-state index in [-0.39, 0.29) is 37.1 Å². The molecule has 1 heterocycles. The van der Waals surface area contributed by atoms with Gasteiger partial charge in [-0.05, 0) is 53.2 Å². The van der Waals surface area contributed by atoms with Crippen LogP contribution in [0.2, 0.25) is 0 Å². The number of rotatable bonds is 12. The molecule has 1 aliphatic rings. The Bertz CT molecular complexity index is 1260. The molecule has 0 saturated carbocycles. The fraction of sp³-hybridized carbons (Fsp3) is 0.440. The monoisotopic (exact) mass is 548 g/mol. The second-order valence-electron chi connectivity index (χ2n) is 9.37. The predicted octanol–water partition coefficient (Wildman–Crippen LogP) is 1.16. The number of benzene rings is 2. The summed E-state index contributed by atoms with van der Waals surface area (Å²) in [4.78, 5) is 27.3. The molecule has 0 aromatic heterocycles. The molecule has 3 rings (SSSR count). The number of methoxy groups -OCH3 is 2. The van der Waals surface area contributed by atoms with E-state index in [4.69, 9.17) is 14.1 Å². The van der Waals surface area contributed by atoms with E-state index in [1.165, 1.54) is 43.4 Å². The minimum atomic E-state index is -3.92. The summed E-state index contributed by atoms with van der Waals surface area (Å²) in [6, 6.07) is 8.02. The Morgan fingerprint density at radius 2 is 1.68 bits per heavy atom. The van der Waals surface area contributed by atoms with Gasteiger partial charge in [0.1, 0.15) is 19.5 Å². The molecule has 2 aromatic carbocycles. The fourth-order valence-electron chi connectivity index (χ4n) is 4.54. The first-order valence-corrected chi connectivity index (χ1v) is 13.4. The molecule has 2 N–H and O–H groups in total. The maximum Gasteiger partial charge on any atom is 0.492 e. The van der Waals surface area contributed by atoms with Crippen LogP contribution in [-0.4, -0.2) is 80.5 Å². The topological polar surface area (TPSA) is 143 Å². The lowest BCUT2D eigenvalue weighted by Gasteiger charge is -2.32. The maximum absolute atomic E-state index is 13.8. The first kappa shape index (κ1) is 29.7. The highest BCUT2D eigenvalue weighted by atomic mass is 32.2. The van der Waals surface area contributed by atoms with E-state index in [0.29, 0.717) is 16.6 Å². The van der Waals surface area contributed by atoms with E-state index >= 15 is 0 Å². The zero-order chi connectivity index (χ0) is 28.2. The van der Waals surface area contributed by atoms with Gasteiger partial charge in [0.15, 0.2) is 0 Å². The molecule has 38 heavy (non-hydrogen) atoms. The average Bonchev–Trinajstić information content (AvgIpc) is 3.24. The number of aliphatic carboxylic acids is 1. The Morgan fingerprint density at radius 1 is 1.08 bits per heavy atom. The third-order valence-electron chi connectivity index (χ3n) is 6.42. The number of hydrogen-bond donors (Lipinski definition) is 2. The van der Waals surface area contributed by atoms with Crippen molar-refractivity contribution in [3.8, 4) is 0 Å². The molecule has 0 aliphatic carbocycles. The van der Waals surface area contributed by atoms with Crippen molar-refractivity contribution < 1.29 is 42.3 Å². The molecule has 206 valence electrons. The number of hydrogen-bond acceptors (Lipinski definition) is 8. The highest BCUT2D eigenvalue weighted by Crippen LogP contribution is 2.24. The highest BCUT2D eigenvalue weighted by molar-refractivity contribution is 7.89. The van der Waals surface area contributed by atoms with Gasteiger partial charge in [0.05, 0.1) is 11.5 Å². The van der Waals surface area contributed by atoms with E-state index in [1.54, 1.807) is 32.9 Å². The molecule has 0 unspecified atom stereocenters. The van der Waals surface area contributed by atoms with Crippen LogP contribution in [0.1, 0.15) is 40.9 Å². The highest BCUT2D eigenvalue weighted by Gasteiger charge is 2.36. The van der Waals surface area contributed by atoms with Crippen LogP contribution >= 0.6 is 0 Å². The van der Waals surface area contributed by atoms with Crippen LogP contribution in [0.4, 0.5) is 0 Å². The first-order chi connectivity index (χ1) is 17.9. The molecule has 0 fully saturated rings. The van der Waals surface area contributed by atoms with Crippen LogP contribution in [0.25, 0.3) is 0 Å². The molecule has 1 amide bonds. The number of fused-ring (bicyclic) bond motifs is 1. The Labute approximate surface area is 223 Å². The lowest BCUT2D eigenvalue weighted by molar-refractivity contribution is -0.144. The van der Waals surface area contributed by atoms with Crippen molar-refractivity contribution in [3.05, 3.63) is 58.7 Å². The summed E-state index contributed by atoms with van der Waals surface area (Å²) < 4.78 is 42.2. The Balaban J connectivity index is 1.97. The van der Waals surface area contributed by atoms with Crippen molar-refractivity contribution in [2.24, 2.45) is 5.92 Å². The number of carbonyl (C=O) groups is 2. The van der Waals surface area contributed by atoms with E-state index in [1.807, 2.05) is 0 Å². The fourth-order valence-corrected chi connectivity index (χ4v) is 5.81. The van der Waals surface area contributed by atoms with Crippen LogP contribution in [0.5, 0.6) is 0 Å². The minimum absolute atomic E-state index is 0.00433. The number of nitrogens with zero attached hydrogens (tertiary/aromatic N) is 2. The van der Waals surface area contributed by atoms with Gasteiger partial charge in [0, 0.05) is 26.3 Å². The van der Waals surface area contributed by atoms with Crippen molar-refractivity contribution in [2.45, 2.75) is 44.9 Å². The summed E-state index contributed by atoms with van der Waals surface area (Å²) in [6.45, 7) is 4.86. The summed E-state index contributed by atoms with van der Waals surface area (Å²) >= 11 is 0. The molecule has 0 radical (unpaired) electrons. The van der Waals surface area contributed by atoms with Gasteiger partial charge in [-0.15, -0.1) is 4.31 Å². The summed E-state index contributed by atoms with van der Waals surface area (Å²) in [5.41, 5.74) is 2.60. The molecule has 13 heteroatoms. The summed E-state index contributed by atoms with van der Waals surface area (Å²) in [5, 5.41) is 20.2. The Morgan fingerprint density at radius 3 is 2.21 bits per heavy atom. The smallest absolute Gasteiger partial charge is 0.480 e. The van der Waals surface area contributed by atoms with Crippen molar-refractivity contribution in [1.29, 1.82) is 0 Å². The molecule has 0 spiro atoms.